The molecule has 0 saturated carbocycles. The first-order chi connectivity index (χ1) is 11.8. The molecule has 0 radical (unpaired) electrons. The van der Waals surface area contributed by atoms with Gasteiger partial charge in [-0.15, -0.1) is 0 Å². The molecule has 0 aliphatic rings. The number of halogens is 3. The molecule has 0 saturated heterocycles. The molecule has 0 atom stereocenters. The minimum atomic E-state index is -4.49. The second-order valence-electron chi connectivity index (χ2n) is 5.57. The van der Waals surface area contributed by atoms with Crippen molar-refractivity contribution < 1.29 is 18.0 Å². The predicted molar refractivity (Wildman–Crippen MR) is 88.7 cm³/mol. The van der Waals surface area contributed by atoms with Gasteiger partial charge >= 0.3 is 6.18 Å². The molecule has 7 heteroatoms. The van der Waals surface area contributed by atoms with Crippen molar-refractivity contribution in [2.24, 2.45) is 0 Å². The minimum Gasteiger partial charge on any atom is -0.307 e. The summed E-state index contributed by atoms with van der Waals surface area (Å²) < 4.78 is 40.3. The average molecular weight is 347 g/mol. The number of hydrogen-bond acceptors (Lipinski definition) is 2. The largest absolute Gasteiger partial charge is 0.417 e. The third kappa shape index (κ3) is 3.09. The van der Waals surface area contributed by atoms with Crippen molar-refractivity contribution in [3.8, 4) is 0 Å². The van der Waals surface area contributed by atoms with Crippen LogP contribution in [-0.4, -0.2) is 21.8 Å². The van der Waals surface area contributed by atoms with E-state index in [1.807, 2.05) is 13.0 Å². The van der Waals surface area contributed by atoms with Crippen LogP contribution in [0.4, 0.5) is 18.9 Å². The fraction of sp³-hybridized carbons (Fsp3) is 0.222. The lowest BCUT2D eigenvalue weighted by Crippen LogP contribution is -2.32. The van der Waals surface area contributed by atoms with Crippen molar-refractivity contribution in [3.05, 3.63) is 65.6 Å². The van der Waals surface area contributed by atoms with Crippen LogP contribution < -0.4 is 4.90 Å². The van der Waals surface area contributed by atoms with Gasteiger partial charge in [0.05, 0.1) is 11.3 Å². The third-order valence-corrected chi connectivity index (χ3v) is 3.95. The van der Waals surface area contributed by atoms with E-state index in [1.54, 1.807) is 31.2 Å². The van der Waals surface area contributed by atoms with E-state index in [4.69, 9.17) is 0 Å². The van der Waals surface area contributed by atoms with Crippen LogP contribution in [0.5, 0.6) is 0 Å². The van der Waals surface area contributed by atoms with E-state index in [9.17, 15) is 18.0 Å². The number of fused-ring (bicyclic) bond motifs is 1. The molecule has 130 valence electrons. The van der Waals surface area contributed by atoms with E-state index in [-0.39, 0.29) is 5.69 Å². The monoisotopic (exact) mass is 347 g/mol. The highest BCUT2D eigenvalue weighted by atomic mass is 19.4. The predicted octanol–water partition coefficient (Wildman–Crippen LogP) is 4.33. The second-order valence-corrected chi connectivity index (χ2v) is 5.57. The fourth-order valence-electron chi connectivity index (χ4n) is 2.77. The molecule has 0 fully saturated rings. The van der Waals surface area contributed by atoms with Gasteiger partial charge in [0, 0.05) is 18.4 Å². The van der Waals surface area contributed by atoms with Gasteiger partial charge in [0.15, 0.2) is 0 Å². The lowest BCUT2D eigenvalue weighted by Gasteiger charge is -2.21. The molecule has 3 aromatic rings. The van der Waals surface area contributed by atoms with Crippen LogP contribution in [-0.2, 0) is 6.18 Å². The molecule has 2 aromatic heterocycles. The molecule has 0 N–H and O–H groups in total. The van der Waals surface area contributed by atoms with Crippen molar-refractivity contribution >= 4 is 17.2 Å². The number of amides is 1. The Morgan fingerprint density at radius 2 is 1.84 bits per heavy atom. The summed E-state index contributed by atoms with van der Waals surface area (Å²) in [7, 11) is 0. The van der Waals surface area contributed by atoms with E-state index in [2.05, 4.69) is 4.98 Å². The average Bonchev–Trinajstić information content (AvgIpc) is 2.90. The number of carbonyl (C=O) groups excluding carboxylic acids is 1. The first-order valence-corrected chi connectivity index (χ1v) is 7.75. The van der Waals surface area contributed by atoms with Crippen molar-refractivity contribution in [1.29, 1.82) is 0 Å². The zero-order valence-corrected chi connectivity index (χ0v) is 13.7. The molecule has 1 aromatic carbocycles. The summed E-state index contributed by atoms with van der Waals surface area (Å²) in [6, 6.07) is 11.2. The van der Waals surface area contributed by atoms with E-state index in [0.717, 1.165) is 12.3 Å². The van der Waals surface area contributed by atoms with Crippen LogP contribution in [0.2, 0.25) is 0 Å². The number of pyridine rings is 1. The highest BCUT2D eigenvalue weighted by Crippen LogP contribution is 2.30. The van der Waals surface area contributed by atoms with Crippen LogP contribution in [0.25, 0.3) is 5.65 Å². The number of carbonyl (C=O) groups is 1. The Kier molecular flexibility index (Phi) is 4.24. The van der Waals surface area contributed by atoms with Gasteiger partial charge in [-0.25, -0.2) is 4.98 Å². The van der Waals surface area contributed by atoms with Crippen LogP contribution in [0.15, 0.2) is 48.7 Å². The molecule has 0 aliphatic carbocycles. The minimum absolute atomic E-state index is 0.131. The van der Waals surface area contributed by atoms with Gasteiger partial charge < -0.3 is 4.90 Å². The van der Waals surface area contributed by atoms with Crippen LogP contribution >= 0.6 is 0 Å². The Morgan fingerprint density at radius 3 is 2.44 bits per heavy atom. The number of aryl methyl sites for hydroxylation is 1. The molecular weight excluding hydrogens is 331 g/mol. The maximum atomic E-state index is 13.0. The number of hydrogen-bond donors (Lipinski definition) is 0. The summed E-state index contributed by atoms with van der Waals surface area (Å²) in [6.45, 7) is 3.81. The van der Waals surface area contributed by atoms with Gasteiger partial charge in [-0.2, -0.15) is 13.2 Å². The molecule has 4 nitrogen and oxygen atoms in total. The van der Waals surface area contributed by atoms with Crippen molar-refractivity contribution in [1.82, 2.24) is 9.38 Å². The number of anilines is 1. The Hall–Kier alpha value is -2.83. The zero-order chi connectivity index (χ0) is 18.2. The Labute approximate surface area is 142 Å². The first-order valence-electron chi connectivity index (χ1n) is 7.75. The van der Waals surface area contributed by atoms with E-state index in [1.165, 1.54) is 15.4 Å². The SMILES string of the molecule is CCN(C(=O)c1c(C)nc2ccc(C(F)(F)F)cn12)c1ccccc1. The van der Waals surface area contributed by atoms with Gasteiger partial charge in [0.1, 0.15) is 11.3 Å². The molecule has 0 spiro atoms. The van der Waals surface area contributed by atoms with Gasteiger partial charge in [0.2, 0.25) is 0 Å². The Morgan fingerprint density at radius 1 is 1.16 bits per heavy atom. The van der Waals surface area contributed by atoms with E-state index >= 15 is 0 Å². The van der Waals surface area contributed by atoms with Crippen molar-refractivity contribution in [2.45, 2.75) is 20.0 Å². The summed E-state index contributed by atoms with van der Waals surface area (Å²) in [5.74, 6) is -0.391. The molecule has 1 amide bonds. The maximum absolute atomic E-state index is 13.0. The van der Waals surface area contributed by atoms with Gasteiger partial charge in [-0.05, 0) is 38.1 Å². The standard InChI is InChI=1S/C18H16F3N3O/c1-3-23(14-7-5-4-6-8-14)17(25)16-12(2)22-15-10-9-13(11-24(15)16)18(19,20)21/h4-11H,3H2,1-2H3. The highest BCUT2D eigenvalue weighted by molar-refractivity contribution is 6.06. The number of alkyl halides is 3. The summed E-state index contributed by atoms with van der Waals surface area (Å²) in [6.07, 6.45) is -3.57. The Bertz CT molecular complexity index is 916. The van der Waals surface area contributed by atoms with Crippen molar-refractivity contribution in [3.63, 3.8) is 0 Å². The lowest BCUT2D eigenvalue weighted by molar-refractivity contribution is -0.137. The summed E-state index contributed by atoms with van der Waals surface area (Å²) >= 11 is 0. The Balaban J connectivity index is 2.13. The maximum Gasteiger partial charge on any atom is 0.417 e. The smallest absolute Gasteiger partial charge is 0.307 e. The van der Waals surface area contributed by atoms with Crippen LogP contribution in [0.1, 0.15) is 28.7 Å². The second kappa shape index (κ2) is 6.23. The number of imidazole rings is 1. The molecule has 25 heavy (non-hydrogen) atoms. The molecular formula is C18H16F3N3O. The van der Waals surface area contributed by atoms with Crippen LogP contribution in [0.3, 0.4) is 0 Å². The van der Waals surface area contributed by atoms with Crippen molar-refractivity contribution in [2.75, 3.05) is 11.4 Å². The summed E-state index contributed by atoms with van der Waals surface area (Å²) in [4.78, 5) is 18.7. The molecule has 0 aliphatic heterocycles. The normalized spacial score (nSPS) is 11.7. The quantitative estimate of drug-likeness (QED) is 0.707. The fourth-order valence-corrected chi connectivity index (χ4v) is 2.77. The molecule has 2 heterocycles. The highest BCUT2D eigenvalue weighted by Gasteiger charge is 2.32. The van der Waals surface area contributed by atoms with Gasteiger partial charge in [-0.1, -0.05) is 18.2 Å². The number of nitrogens with zero attached hydrogens (tertiary/aromatic N) is 3. The van der Waals surface area contributed by atoms with E-state index < -0.39 is 17.6 Å². The summed E-state index contributed by atoms with van der Waals surface area (Å²) in [5.41, 5.74) is 0.675. The van der Waals surface area contributed by atoms with Gasteiger partial charge in [0.25, 0.3) is 5.91 Å². The van der Waals surface area contributed by atoms with E-state index in [0.29, 0.717) is 23.6 Å². The number of benzene rings is 1. The number of para-hydroxylation sites is 1. The number of aromatic nitrogens is 2. The van der Waals surface area contributed by atoms with Gasteiger partial charge in [-0.3, -0.25) is 9.20 Å². The zero-order valence-electron chi connectivity index (χ0n) is 13.7. The number of rotatable bonds is 3. The lowest BCUT2D eigenvalue weighted by atomic mass is 10.2. The summed E-state index contributed by atoms with van der Waals surface area (Å²) in [5, 5.41) is 0. The molecule has 0 unspecified atom stereocenters. The topological polar surface area (TPSA) is 37.6 Å². The third-order valence-electron chi connectivity index (χ3n) is 3.95. The van der Waals surface area contributed by atoms with Crippen LogP contribution in [0, 0.1) is 6.92 Å². The molecule has 0 bridgehead atoms. The molecule has 3 rings (SSSR count). The first kappa shape index (κ1) is 17.0.